The maximum Gasteiger partial charge on any atom is 0.251 e. The third kappa shape index (κ3) is 4.60. The van der Waals surface area contributed by atoms with E-state index >= 15 is 0 Å². The first-order valence-electron chi connectivity index (χ1n) is 9.76. The number of nitrogens with zero attached hydrogens (tertiary/aromatic N) is 5. The number of hydrogen-bond acceptors (Lipinski definition) is 5. The number of halogens is 1. The highest BCUT2D eigenvalue weighted by Gasteiger charge is 2.28. The van der Waals surface area contributed by atoms with Gasteiger partial charge in [0.2, 0.25) is 11.8 Å². The molecule has 8 nitrogen and oxygen atoms in total. The van der Waals surface area contributed by atoms with Crippen molar-refractivity contribution in [2.75, 3.05) is 7.05 Å². The molecule has 3 aromatic rings. The van der Waals surface area contributed by atoms with Crippen LogP contribution >= 0.6 is 0 Å². The number of aromatic nitrogens is 4. The SMILES string of the molecule is Cc1cc(C)nc(-n2nc(C)c(CC(=O)N(C)C(C(N)=O)c3cccc(F)c3)c2C)n1. The summed E-state index contributed by atoms with van der Waals surface area (Å²) in [7, 11) is 1.48. The monoisotopic (exact) mass is 424 g/mol. The van der Waals surface area contributed by atoms with E-state index in [2.05, 4.69) is 15.1 Å². The van der Waals surface area contributed by atoms with Crippen LogP contribution in [0.25, 0.3) is 5.95 Å². The van der Waals surface area contributed by atoms with Gasteiger partial charge in [0.25, 0.3) is 5.95 Å². The third-order valence-electron chi connectivity index (χ3n) is 5.14. The van der Waals surface area contributed by atoms with Gasteiger partial charge in [0.15, 0.2) is 0 Å². The van der Waals surface area contributed by atoms with Crippen molar-refractivity contribution in [1.82, 2.24) is 24.6 Å². The smallest absolute Gasteiger partial charge is 0.251 e. The molecule has 0 radical (unpaired) electrons. The number of benzene rings is 1. The first kappa shape index (κ1) is 22.1. The Kier molecular flexibility index (Phi) is 6.14. The number of carbonyl (C=O) groups is 2. The average molecular weight is 424 g/mol. The molecule has 2 aromatic heterocycles. The third-order valence-corrected chi connectivity index (χ3v) is 5.14. The van der Waals surface area contributed by atoms with E-state index in [1.165, 1.54) is 30.1 Å². The average Bonchev–Trinajstić information content (AvgIpc) is 2.95. The summed E-state index contributed by atoms with van der Waals surface area (Å²) in [4.78, 5) is 35.2. The molecule has 31 heavy (non-hydrogen) atoms. The summed E-state index contributed by atoms with van der Waals surface area (Å²) < 4.78 is 15.3. The van der Waals surface area contributed by atoms with Crippen molar-refractivity contribution < 1.29 is 14.0 Å². The predicted octanol–water partition coefficient (Wildman–Crippen LogP) is 2.26. The Balaban J connectivity index is 1.90. The van der Waals surface area contributed by atoms with Gasteiger partial charge in [-0.25, -0.2) is 19.0 Å². The van der Waals surface area contributed by atoms with Crippen LogP contribution in [0.3, 0.4) is 0 Å². The largest absolute Gasteiger partial charge is 0.368 e. The van der Waals surface area contributed by atoms with E-state index in [4.69, 9.17) is 5.73 Å². The highest BCUT2D eigenvalue weighted by molar-refractivity contribution is 5.88. The highest BCUT2D eigenvalue weighted by Crippen LogP contribution is 2.23. The molecular formula is C22H25FN6O2. The van der Waals surface area contributed by atoms with Crippen molar-refractivity contribution in [3.63, 3.8) is 0 Å². The van der Waals surface area contributed by atoms with E-state index in [1.807, 2.05) is 26.8 Å². The van der Waals surface area contributed by atoms with Gasteiger partial charge in [0, 0.05) is 29.7 Å². The van der Waals surface area contributed by atoms with Crippen LogP contribution in [0.15, 0.2) is 30.3 Å². The Morgan fingerprint density at radius 2 is 1.77 bits per heavy atom. The summed E-state index contributed by atoms with van der Waals surface area (Å²) in [6, 6.07) is 6.28. The highest BCUT2D eigenvalue weighted by atomic mass is 19.1. The first-order chi connectivity index (χ1) is 14.6. The fourth-order valence-electron chi connectivity index (χ4n) is 3.60. The van der Waals surface area contributed by atoms with Crippen LogP contribution in [-0.2, 0) is 16.0 Å². The molecule has 0 fully saturated rings. The van der Waals surface area contributed by atoms with Gasteiger partial charge in [-0.15, -0.1) is 0 Å². The van der Waals surface area contributed by atoms with Crippen molar-refractivity contribution in [1.29, 1.82) is 0 Å². The van der Waals surface area contributed by atoms with Gasteiger partial charge >= 0.3 is 0 Å². The minimum atomic E-state index is -1.08. The van der Waals surface area contributed by atoms with Crippen LogP contribution in [0.4, 0.5) is 4.39 Å². The summed E-state index contributed by atoms with van der Waals surface area (Å²) >= 11 is 0. The van der Waals surface area contributed by atoms with Crippen LogP contribution in [0, 0.1) is 33.5 Å². The van der Waals surface area contributed by atoms with E-state index in [9.17, 15) is 14.0 Å². The molecule has 0 saturated heterocycles. The number of carbonyl (C=O) groups excluding carboxylic acids is 2. The molecule has 162 valence electrons. The summed E-state index contributed by atoms with van der Waals surface area (Å²) in [6.45, 7) is 7.38. The zero-order chi connectivity index (χ0) is 22.9. The topological polar surface area (TPSA) is 107 Å². The predicted molar refractivity (Wildman–Crippen MR) is 113 cm³/mol. The fraction of sp³-hybridized carbons (Fsp3) is 0.318. The molecule has 0 bridgehead atoms. The fourth-order valence-corrected chi connectivity index (χ4v) is 3.60. The number of amides is 2. The van der Waals surface area contributed by atoms with Gasteiger partial charge in [-0.1, -0.05) is 12.1 Å². The lowest BCUT2D eigenvalue weighted by molar-refractivity contribution is -0.137. The van der Waals surface area contributed by atoms with Crippen molar-refractivity contribution in [2.45, 2.75) is 40.2 Å². The molecule has 2 N–H and O–H groups in total. The van der Waals surface area contributed by atoms with Crippen LogP contribution in [0.2, 0.25) is 0 Å². The van der Waals surface area contributed by atoms with E-state index in [0.29, 0.717) is 22.8 Å². The lowest BCUT2D eigenvalue weighted by atomic mass is 10.0. The lowest BCUT2D eigenvalue weighted by Crippen LogP contribution is -2.40. The number of aryl methyl sites for hydroxylation is 3. The Bertz CT molecular complexity index is 1140. The molecular weight excluding hydrogens is 399 g/mol. The minimum absolute atomic E-state index is 0.00192. The number of likely N-dealkylation sites (N-methyl/N-ethyl adjacent to an activating group) is 1. The second-order valence-electron chi connectivity index (χ2n) is 7.55. The second-order valence-corrected chi connectivity index (χ2v) is 7.55. The zero-order valence-electron chi connectivity index (χ0n) is 18.2. The maximum atomic E-state index is 13.7. The molecule has 2 heterocycles. The molecule has 1 unspecified atom stereocenters. The Labute approximate surface area is 179 Å². The molecule has 1 aromatic carbocycles. The van der Waals surface area contributed by atoms with Crippen LogP contribution in [0.5, 0.6) is 0 Å². The summed E-state index contributed by atoms with van der Waals surface area (Å²) in [5.74, 6) is -1.17. The maximum absolute atomic E-state index is 13.7. The van der Waals surface area contributed by atoms with E-state index < -0.39 is 17.8 Å². The summed E-state index contributed by atoms with van der Waals surface area (Å²) in [5, 5.41) is 4.50. The van der Waals surface area contributed by atoms with E-state index in [0.717, 1.165) is 17.1 Å². The van der Waals surface area contributed by atoms with Crippen molar-refractivity contribution in [2.24, 2.45) is 5.73 Å². The Morgan fingerprint density at radius 1 is 1.13 bits per heavy atom. The van der Waals surface area contributed by atoms with Gasteiger partial charge in [0.05, 0.1) is 12.1 Å². The van der Waals surface area contributed by atoms with Gasteiger partial charge < -0.3 is 10.6 Å². The second kappa shape index (κ2) is 8.63. The molecule has 0 aliphatic carbocycles. The molecule has 0 aliphatic rings. The molecule has 0 aliphatic heterocycles. The first-order valence-corrected chi connectivity index (χ1v) is 9.76. The molecule has 0 saturated carbocycles. The van der Waals surface area contributed by atoms with Crippen molar-refractivity contribution >= 4 is 11.8 Å². The van der Waals surface area contributed by atoms with Crippen LogP contribution < -0.4 is 5.73 Å². The van der Waals surface area contributed by atoms with Gasteiger partial charge in [-0.05, 0) is 51.5 Å². The Hall–Kier alpha value is -3.62. The molecule has 0 spiro atoms. The van der Waals surface area contributed by atoms with Crippen molar-refractivity contribution in [3.8, 4) is 5.95 Å². The van der Waals surface area contributed by atoms with Crippen LogP contribution in [-0.4, -0.2) is 43.5 Å². The lowest BCUT2D eigenvalue weighted by Gasteiger charge is -2.26. The molecule has 9 heteroatoms. The van der Waals surface area contributed by atoms with Gasteiger partial charge in [0.1, 0.15) is 11.9 Å². The summed E-state index contributed by atoms with van der Waals surface area (Å²) in [6.07, 6.45) is -0.00192. The number of nitrogens with two attached hydrogens (primary N) is 1. The Morgan fingerprint density at radius 3 is 2.35 bits per heavy atom. The minimum Gasteiger partial charge on any atom is -0.368 e. The quantitative estimate of drug-likeness (QED) is 0.653. The van der Waals surface area contributed by atoms with Gasteiger partial charge in [-0.2, -0.15) is 5.10 Å². The van der Waals surface area contributed by atoms with Crippen LogP contribution in [0.1, 0.15) is 39.9 Å². The van der Waals surface area contributed by atoms with E-state index in [1.54, 1.807) is 17.7 Å². The number of rotatable bonds is 6. The molecule has 2 amide bonds. The normalized spacial score (nSPS) is 11.9. The number of hydrogen-bond donors (Lipinski definition) is 1. The standard InChI is InChI=1S/C22H25FN6O2/c1-12-9-13(2)26-22(25-12)29-15(4)18(14(3)27-29)11-19(30)28(5)20(21(24)31)16-7-6-8-17(23)10-16/h6-10,20H,11H2,1-5H3,(H2,24,31). The zero-order valence-corrected chi connectivity index (χ0v) is 18.2. The number of primary amides is 1. The van der Waals surface area contributed by atoms with Gasteiger partial charge in [-0.3, -0.25) is 9.59 Å². The summed E-state index contributed by atoms with van der Waals surface area (Å²) in [5.41, 5.74) is 9.56. The molecule has 1 atom stereocenters. The van der Waals surface area contributed by atoms with Crippen molar-refractivity contribution in [3.05, 3.63) is 70.1 Å². The van der Waals surface area contributed by atoms with E-state index in [-0.39, 0.29) is 12.3 Å². The molecule has 3 rings (SSSR count).